The van der Waals surface area contributed by atoms with Crippen LogP contribution in [0.1, 0.15) is 31.0 Å². The molecule has 0 amide bonds. The fourth-order valence-electron chi connectivity index (χ4n) is 2.63. The van der Waals surface area contributed by atoms with E-state index >= 15 is 0 Å². The molecule has 0 saturated heterocycles. The van der Waals surface area contributed by atoms with Crippen molar-refractivity contribution in [2.75, 3.05) is 0 Å². The van der Waals surface area contributed by atoms with Crippen molar-refractivity contribution in [1.82, 2.24) is 20.1 Å². The Morgan fingerprint density at radius 2 is 1.96 bits per heavy atom. The first kappa shape index (κ1) is 17.2. The van der Waals surface area contributed by atoms with Crippen LogP contribution < -0.4 is 10.1 Å². The van der Waals surface area contributed by atoms with Gasteiger partial charge in [0, 0.05) is 48.5 Å². The van der Waals surface area contributed by atoms with E-state index in [0.717, 1.165) is 23.4 Å². The van der Waals surface area contributed by atoms with Crippen molar-refractivity contribution in [3.63, 3.8) is 0 Å². The van der Waals surface area contributed by atoms with Gasteiger partial charge in [-0.3, -0.25) is 9.67 Å². The Morgan fingerprint density at radius 3 is 2.72 bits per heavy atom. The third-order valence-corrected chi connectivity index (χ3v) is 4.37. The van der Waals surface area contributed by atoms with E-state index in [9.17, 15) is 0 Å². The van der Waals surface area contributed by atoms with Gasteiger partial charge in [-0.25, -0.2) is 0 Å². The molecule has 2 heterocycles. The SMILES string of the molecule is C[C@@H](NCc1ccccc1OCc1cccnc1)[C@H](C)n1cccn1. The van der Waals surface area contributed by atoms with Crippen LogP contribution >= 0.6 is 0 Å². The summed E-state index contributed by atoms with van der Waals surface area (Å²) >= 11 is 0. The summed E-state index contributed by atoms with van der Waals surface area (Å²) in [6.07, 6.45) is 7.40. The molecule has 0 fully saturated rings. The van der Waals surface area contributed by atoms with Crippen LogP contribution in [0, 0.1) is 0 Å². The van der Waals surface area contributed by atoms with Crippen molar-refractivity contribution in [3.05, 3.63) is 78.4 Å². The molecule has 0 unspecified atom stereocenters. The molecule has 0 aliphatic heterocycles. The Kier molecular flexibility index (Phi) is 5.80. The summed E-state index contributed by atoms with van der Waals surface area (Å²) in [5, 5.41) is 7.89. The zero-order chi connectivity index (χ0) is 17.5. The number of nitrogens with one attached hydrogen (secondary N) is 1. The lowest BCUT2D eigenvalue weighted by atomic mass is 10.1. The quantitative estimate of drug-likeness (QED) is 0.683. The summed E-state index contributed by atoms with van der Waals surface area (Å²) in [6, 6.07) is 14.6. The molecule has 0 bridgehead atoms. The van der Waals surface area contributed by atoms with Crippen LogP contribution in [0.4, 0.5) is 0 Å². The molecule has 25 heavy (non-hydrogen) atoms. The largest absolute Gasteiger partial charge is 0.489 e. The summed E-state index contributed by atoms with van der Waals surface area (Å²) in [7, 11) is 0. The molecular formula is C20H24N4O. The maximum absolute atomic E-state index is 5.99. The van der Waals surface area contributed by atoms with Gasteiger partial charge in [-0.15, -0.1) is 0 Å². The predicted molar refractivity (Wildman–Crippen MR) is 98.3 cm³/mol. The van der Waals surface area contributed by atoms with Gasteiger partial charge >= 0.3 is 0 Å². The molecule has 0 aliphatic carbocycles. The molecular weight excluding hydrogens is 312 g/mol. The number of hydrogen-bond acceptors (Lipinski definition) is 4. The molecule has 5 heteroatoms. The lowest BCUT2D eigenvalue weighted by Gasteiger charge is -2.22. The van der Waals surface area contributed by atoms with Crippen molar-refractivity contribution in [1.29, 1.82) is 0 Å². The van der Waals surface area contributed by atoms with Crippen LogP contribution in [0.5, 0.6) is 5.75 Å². The number of ether oxygens (including phenoxy) is 1. The topological polar surface area (TPSA) is 52.0 Å². The number of hydrogen-bond donors (Lipinski definition) is 1. The van der Waals surface area contributed by atoms with Crippen molar-refractivity contribution in [2.24, 2.45) is 0 Å². The van der Waals surface area contributed by atoms with Gasteiger partial charge in [0.1, 0.15) is 12.4 Å². The van der Waals surface area contributed by atoms with Gasteiger partial charge in [-0.05, 0) is 32.0 Å². The average Bonchev–Trinajstić information content (AvgIpc) is 3.20. The van der Waals surface area contributed by atoms with Gasteiger partial charge in [0.2, 0.25) is 0 Å². The zero-order valence-electron chi connectivity index (χ0n) is 14.7. The number of para-hydroxylation sites is 1. The lowest BCUT2D eigenvalue weighted by Crippen LogP contribution is -2.33. The molecule has 3 rings (SSSR count). The maximum Gasteiger partial charge on any atom is 0.124 e. The standard InChI is InChI=1S/C20H24N4O/c1-16(17(2)24-12-6-11-23-24)22-14-19-8-3-4-9-20(19)25-15-18-7-5-10-21-13-18/h3-13,16-17,22H,14-15H2,1-2H3/t16-,17+/m1/s1. The normalized spacial score (nSPS) is 13.4. The number of rotatable bonds is 8. The van der Waals surface area contributed by atoms with E-state index in [1.165, 1.54) is 0 Å². The monoisotopic (exact) mass is 336 g/mol. The highest BCUT2D eigenvalue weighted by Gasteiger charge is 2.14. The van der Waals surface area contributed by atoms with Gasteiger partial charge < -0.3 is 10.1 Å². The van der Waals surface area contributed by atoms with Crippen molar-refractivity contribution < 1.29 is 4.74 Å². The van der Waals surface area contributed by atoms with Crippen molar-refractivity contribution in [3.8, 4) is 5.75 Å². The van der Waals surface area contributed by atoms with E-state index in [0.29, 0.717) is 6.61 Å². The molecule has 130 valence electrons. The fraction of sp³-hybridized carbons (Fsp3) is 0.300. The Bertz CT molecular complexity index is 758. The van der Waals surface area contributed by atoms with Crippen LogP contribution in [0.3, 0.4) is 0 Å². The number of nitrogens with zero attached hydrogens (tertiary/aromatic N) is 3. The fourth-order valence-corrected chi connectivity index (χ4v) is 2.63. The minimum atomic E-state index is 0.276. The summed E-state index contributed by atoms with van der Waals surface area (Å²) in [5.74, 6) is 0.901. The van der Waals surface area contributed by atoms with E-state index < -0.39 is 0 Å². The van der Waals surface area contributed by atoms with Crippen LogP contribution in [0.2, 0.25) is 0 Å². The summed E-state index contributed by atoms with van der Waals surface area (Å²) in [4.78, 5) is 4.12. The van der Waals surface area contributed by atoms with E-state index in [4.69, 9.17) is 4.74 Å². The summed E-state index contributed by atoms with van der Waals surface area (Å²) < 4.78 is 7.97. The Labute approximate surface area is 148 Å². The highest BCUT2D eigenvalue weighted by molar-refractivity contribution is 5.33. The Morgan fingerprint density at radius 1 is 1.08 bits per heavy atom. The highest BCUT2D eigenvalue weighted by atomic mass is 16.5. The smallest absolute Gasteiger partial charge is 0.124 e. The molecule has 1 aromatic carbocycles. The zero-order valence-corrected chi connectivity index (χ0v) is 14.7. The minimum Gasteiger partial charge on any atom is -0.489 e. The second-order valence-electron chi connectivity index (χ2n) is 6.15. The molecule has 2 aromatic heterocycles. The molecule has 2 atom stereocenters. The van der Waals surface area contributed by atoms with Gasteiger partial charge in [-0.1, -0.05) is 24.3 Å². The first-order valence-corrected chi connectivity index (χ1v) is 8.56. The molecule has 0 aliphatic rings. The average molecular weight is 336 g/mol. The third kappa shape index (κ3) is 4.67. The summed E-state index contributed by atoms with van der Waals surface area (Å²) in [5.41, 5.74) is 2.21. The minimum absolute atomic E-state index is 0.276. The van der Waals surface area contributed by atoms with Crippen LogP contribution in [-0.4, -0.2) is 20.8 Å². The number of pyridine rings is 1. The van der Waals surface area contributed by atoms with E-state index in [-0.39, 0.29) is 12.1 Å². The van der Waals surface area contributed by atoms with E-state index in [1.807, 2.05) is 59.7 Å². The molecule has 5 nitrogen and oxygen atoms in total. The highest BCUT2D eigenvalue weighted by Crippen LogP contribution is 2.20. The van der Waals surface area contributed by atoms with Crippen LogP contribution in [-0.2, 0) is 13.2 Å². The summed E-state index contributed by atoms with van der Waals surface area (Å²) in [6.45, 7) is 5.60. The first-order chi connectivity index (χ1) is 12.2. The van der Waals surface area contributed by atoms with Crippen LogP contribution in [0.15, 0.2) is 67.3 Å². The maximum atomic E-state index is 5.99. The lowest BCUT2D eigenvalue weighted by molar-refractivity contribution is 0.299. The second kappa shape index (κ2) is 8.44. The molecule has 3 aromatic rings. The van der Waals surface area contributed by atoms with E-state index in [1.54, 1.807) is 6.20 Å². The van der Waals surface area contributed by atoms with Gasteiger partial charge in [0.05, 0.1) is 6.04 Å². The molecule has 0 spiro atoms. The number of aromatic nitrogens is 3. The van der Waals surface area contributed by atoms with Gasteiger partial charge in [0.25, 0.3) is 0 Å². The first-order valence-electron chi connectivity index (χ1n) is 8.56. The predicted octanol–water partition coefficient (Wildman–Crippen LogP) is 3.60. The van der Waals surface area contributed by atoms with E-state index in [2.05, 4.69) is 35.3 Å². The third-order valence-electron chi connectivity index (χ3n) is 4.37. The second-order valence-corrected chi connectivity index (χ2v) is 6.15. The van der Waals surface area contributed by atoms with Gasteiger partial charge in [-0.2, -0.15) is 5.10 Å². The molecule has 0 saturated carbocycles. The Hall–Kier alpha value is -2.66. The van der Waals surface area contributed by atoms with Gasteiger partial charge in [0.15, 0.2) is 0 Å². The van der Waals surface area contributed by atoms with Crippen molar-refractivity contribution >= 4 is 0 Å². The Balaban J connectivity index is 1.59. The van der Waals surface area contributed by atoms with Crippen LogP contribution in [0.25, 0.3) is 0 Å². The number of benzene rings is 1. The molecule has 1 N–H and O–H groups in total. The molecule has 0 radical (unpaired) electrons. The van der Waals surface area contributed by atoms with Crippen molar-refractivity contribution in [2.45, 2.75) is 39.1 Å².